The number of pyridine rings is 1. The molecule has 250 valence electrons. The molecule has 0 unspecified atom stereocenters. The number of rotatable bonds is 10. The summed E-state index contributed by atoms with van der Waals surface area (Å²) in [6.07, 6.45) is 3.61. The lowest BCUT2D eigenvalue weighted by Crippen LogP contribution is -2.59. The van der Waals surface area contributed by atoms with E-state index in [2.05, 4.69) is 15.6 Å². The molecule has 0 radical (unpaired) electrons. The Kier molecular flexibility index (Phi) is 8.87. The number of aliphatic carboxylic acids is 1. The van der Waals surface area contributed by atoms with Crippen LogP contribution in [0.5, 0.6) is 11.6 Å². The molecule has 2 aromatic rings. The molecule has 1 aromatic heterocycles. The second-order valence-electron chi connectivity index (χ2n) is 14.8. The van der Waals surface area contributed by atoms with Crippen molar-refractivity contribution in [2.75, 3.05) is 6.54 Å². The Balaban J connectivity index is 1.41. The summed E-state index contributed by atoms with van der Waals surface area (Å²) in [5, 5.41) is 17.1. The first-order valence-electron chi connectivity index (χ1n) is 16.1. The maximum Gasteiger partial charge on any atom is 0.408 e. The lowest BCUT2D eigenvalue weighted by atomic mass is 9.85. The maximum atomic E-state index is 14.3. The fraction of sp³-hybridized carbons (Fsp3) is 0.618. The minimum absolute atomic E-state index is 0.0255. The second-order valence-corrected chi connectivity index (χ2v) is 14.8. The summed E-state index contributed by atoms with van der Waals surface area (Å²) >= 11 is 0. The predicted molar refractivity (Wildman–Crippen MR) is 169 cm³/mol. The summed E-state index contributed by atoms with van der Waals surface area (Å²) in [4.78, 5) is 59.0. The number of hydrogen-bond acceptors (Lipinski definition) is 8. The lowest BCUT2D eigenvalue weighted by Gasteiger charge is -2.35. The molecule has 3 amide bonds. The molecule has 3 aliphatic rings. The van der Waals surface area contributed by atoms with Gasteiger partial charge in [0, 0.05) is 18.0 Å². The topological polar surface area (TPSA) is 156 Å². The number of carbonyl (C=O) groups is 4. The average Bonchev–Trinajstić information content (AvgIpc) is 3.86. The Morgan fingerprint density at radius 2 is 1.78 bits per heavy atom. The van der Waals surface area contributed by atoms with E-state index in [-0.39, 0.29) is 25.0 Å². The van der Waals surface area contributed by atoms with Crippen LogP contribution in [-0.4, -0.2) is 80.8 Å². The number of benzene rings is 1. The summed E-state index contributed by atoms with van der Waals surface area (Å²) in [6, 6.07) is 5.47. The molecule has 0 spiro atoms. The van der Waals surface area contributed by atoms with Gasteiger partial charge in [0.05, 0.1) is 12.6 Å². The van der Waals surface area contributed by atoms with Crippen LogP contribution in [0.15, 0.2) is 30.5 Å². The highest BCUT2D eigenvalue weighted by molar-refractivity contribution is 5.96. The smallest absolute Gasteiger partial charge is 0.408 e. The number of aromatic nitrogens is 1. The maximum absolute atomic E-state index is 14.3. The highest BCUT2D eigenvalue weighted by Gasteiger charge is 2.61. The summed E-state index contributed by atoms with van der Waals surface area (Å²) in [6.45, 7) is 12.5. The normalized spacial score (nSPS) is 25.0. The zero-order valence-corrected chi connectivity index (χ0v) is 27.7. The van der Waals surface area contributed by atoms with Crippen LogP contribution in [0.2, 0.25) is 0 Å². The van der Waals surface area contributed by atoms with E-state index in [9.17, 15) is 24.3 Å². The SMILES string of the molecule is CC[C@@H]1C[C@]1(NC(=O)[C@@H]1C[C@@H](Oc2nccc3cc(OC4CC4)ccc23)CN1C(=O)[C@@H](NC(=O)OC(C)(C)C)C(C)(C)C)C(=O)O. The van der Waals surface area contributed by atoms with Crippen molar-refractivity contribution >= 4 is 34.6 Å². The van der Waals surface area contributed by atoms with Crippen LogP contribution < -0.4 is 20.1 Å². The summed E-state index contributed by atoms with van der Waals surface area (Å²) in [5.41, 5.74) is -2.90. The highest BCUT2D eigenvalue weighted by atomic mass is 16.6. The van der Waals surface area contributed by atoms with Crippen molar-refractivity contribution in [2.45, 2.75) is 116 Å². The van der Waals surface area contributed by atoms with Gasteiger partial charge < -0.3 is 34.9 Å². The molecular formula is C34H46N4O8. The van der Waals surface area contributed by atoms with Gasteiger partial charge in [0.25, 0.3) is 0 Å². The van der Waals surface area contributed by atoms with E-state index in [1.165, 1.54) is 4.90 Å². The first-order valence-corrected chi connectivity index (χ1v) is 16.1. The summed E-state index contributed by atoms with van der Waals surface area (Å²) in [7, 11) is 0. The van der Waals surface area contributed by atoms with E-state index in [1.54, 1.807) is 27.0 Å². The monoisotopic (exact) mass is 638 g/mol. The van der Waals surface area contributed by atoms with Gasteiger partial charge in [0.1, 0.15) is 35.1 Å². The number of hydrogen-bond donors (Lipinski definition) is 3. The molecular weight excluding hydrogens is 592 g/mol. The van der Waals surface area contributed by atoms with Gasteiger partial charge in [0.2, 0.25) is 17.7 Å². The number of amides is 3. The Morgan fingerprint density at radius 3 is 2.37 bits per heavy atom. The minimum Gasteiger partial charge on any atom is -0.490 e. The van der Waals surface area contributed by atoms with Crippen molar-refractivity contribution in [1.82, 2.24) is 20.5 Å². The fourth-order valence-corrected chi connectivity index (χ4v) is 6.04. The van der Waals surface area contributed by atoms with Gasteiger partial charge in [-0.15, -0.1) is 0 Å². The number of carboxylic acids is 1. The number of nitrogens with one attached hydrogen (secondary N) is 2. The number of likely N-dealkylation sites (tertiary alicyclic amines) is 1. The van der Waals surface area contributed by atoms with Crippen molar-refractivity contribution < 1.29 is 38.5 Å². The number of fused-ring (bicyclic) bond motifs is 1. The molecule has 2 aliphatic carbocycles. The van der Waals surface area contributed by atoms with Crippen LogP contribution in [0, 0.1) is 11.3 Å². The van der Waals surface area contributed by atoms with E-state index in [0.29, 0.717) is 18.7 Å². The Morgan fingerprint density at radius 1 is 1.07 bits per heavy atom. The molecule has 5 atom stereocenters. The van der Waals surface area contributed by atoms with Crippen LogP contribution in [0.25, 0.3) is 10.8 Å². The van der Waals surface area contributed by atoms with Gasteiger partial charge >= 0.3 is 12.1 Å². The van der Waals surface area contributed by atoms with Gasteiger partial charge in [-0.1, -0.05) is 34.1 Å². The fourth-order valence-electron chi connectivity index (χ4n) is 6.04. The average molecular weight is 639 g/mol. The quantitative estimate of drug-likeness (QED) is 0.343. The van der Waals surface area contributed by atoms with Crippen LogP contribution in [-0.2, 0) is 19.1 Å². The summed E-state index contributed by atoms with van der Waals surface area (Å²) in [5.74, 6) is -1.24. The highest BCUT2D eigenvalue weighted by Crippen LogP contribution is 2.46. The van der Waals surface area contributed by atoms with Crippen molar-refractivity contribution in [1.29, 1.82) is 0 Å². The molecule has 3 N–H and O–H groups in total. The van der Waals surface area contributed by atoms with Gasteiger partial charge in [-0.3, -0.25) is 9.59 Å². The first-order chi connectivity index (χ1) is 21.5. The van der Waals surface area contributed by atoms with Gasteiger partial charge in [-0.05, 0) is 81.0 Å². The number of carboxylic acid groups (broad SMARTS) is 1. The van der Waals surface area contributed by atoms with Crippen molar-refractivity contribution in [2.24, 2.45) is 11.3 Å². The largest absolute Gasteiger partial charge is 0.490 e. The molecule has 1 aromatic carbocycles. The van der Waals surface area contributed by atoms with Gasteiger partial charge in [0.15, 0.2) is 0 Å². The van der Waals surface area contributed by atoms with E-state index in [1.807, 2.05) is 52.0 Å². The number of carbonyl (C=O) groups excluding carboxylic acids is 3. The predicted octanol–water partition coefficient (Wildman–Crippen LogP) is 4.43. The number of ether oxygens (including phenoxy) is 3. The molecule has 5 rings (SSSR count). The Hall–Kier alpha value is -4.09. The number of nitrogens with zero attached hydrogens (tertiary/aromatic N) is 2. The summed E-state index contributed by atoms with van der Waals surface area (Å²) < 4.78 is 17.8. The molecule has 2 saturated carbocycles. The van der Waals surface area contributed by atoms with Crippen LogP contribution in [0.3, 0.4) is 0 Å². The van der Waals surface area contributed by atoms with Gasteiger partial charge in [-0.25, -0.2) is 14.6 Å². The van der Waals surface area contributed by atoms with Crippen molar-refractivity contribution in [3.05, 3.63) is 30.5 Å². The lowest BCUT2D eigenvalue weighted by molar-refractivity contribution is -0.146. The molecule has 46 heavy (non-hydrogen) atoms. The van der Waals surface area contributed by atoms with E-state index < -0.39 is 58.6 Å². The third kappa shape index (κ3) is 7.31. The molecule has 2 heterocycles. The molecule has 1 saturated heterocycles. The first kappa shape index (κ1) is 33.3. The number of alkyl carbamates (subject to hydrolysis) is 1. The van der Waals surface area contributed by atoms with Crippen molar-refractivity contribution in [3.63, 3.8) is 0 Å². The molecule has 3 fully saturated rings. The minimum atomic E-state index is -1.37. The van der Waals surface area contributed by atoms with Crippen LogP contribution in [0.1, 0.15) is 80.6 Å². The zero-order chi connectivity index (χ0) is 33.6. The molecule has 1 aliphatic heterocycles. The third-order valence-corrected chi connectivity index (χ3v) is 8.75. The van der Waals surface area contributed by atoms with Crippen molar-refractivity contribution in [3.8, 4) is 11.6 Å². The second kappa shape index (κ2) is 12.3. The van der Waals surface area contributed by atoms with E-state index >= 15 is 0 Å². The molecule has 12 nitrogen and oxygen atoms in total. The van der Waals surface area contributed by atoms with Crippen LogP contribution >= 0.6 is 0 Å². The zero-order valence-electron chi connectivity index (χ0n) is 27.7. The third-order valence-electron chi connectivity index (χ3n) is 8.75. The Bertz CT molecular complexity index is 1510. The van der Waals surface area contributed by atoms with Crippen LogP contribution in [0.4, 0.5) is 4.79 Å². The van der Waals surface area contributed by atoms with E-state index in [0.717, 1.165) is 29.4 Å². The Labute approximate surface area is 269 Å². The standard InChI is InChI=1S/C34H46N4O8/c1-8-20-17-34(20,30(41)42)37-27(39)25-16-23(18-38(25)29(40)26(32(2,3)4)36-31(43)46-33(5,6)7)45-28-24-12-11-22(44-21-9-10-21)15-19(24)13-14-35-28/h11-15,20-21,23,25-26H,8-10,16-18H2,1-7H3,(H,36,43)(H,37,39)(H,41,42)/t20-,23-,25+,26-,34-/m1/s1. The van der Waals surface area contributed by atoms with Gasteiger partial charge in [-0.2, -0.15) is 0 Å². The van der Waals surface area contributed by atoms with E-state index in [4.69, 9.17) is 14.2 Å². The molecule has 0 bridgehead atoms. The molecule has 12 heteroatoms.